The molecule has 0 saturated carbocycles. The van der Waals surface area contributed by atoms with Crippen molar-refractivity contribution in [1.82, 2.24) is 4.90 Å². The Morgan fingerprint density at radius 3 is 3.00 bits per heavy atom. The molecule has 6 heteroatoms. The van der Waals surface area contributed by atoms with Gasteiger partial charge in [0, 0.05) is 28.6 Å². The number of aliphatic carboxylic acids is 1. The van der Waals surface area contributed by atoms with Crippen LogP contribution in [0.25, 0.3) is 10.1 Å². The third kappa shape index (κ3) is 2.91. The minimum absolute atomic E-state index is 0.0499. The van der Waals surface area contributed by atoms with Crippen LogP contribution in [0.15, 0.2) is 29.6 Å². The molecule has 0 spiro atoms. The largest absolute Gasteiger partial charge is 0.481 e. The molecule has 2 aromatic rings. The number of benzene rings is 1. The lowest BCUT2D eigenvalue weighted by Gasteiger charge is -2.32. The van der Waals surface area contributed by atoms with Crippen molar-refractivity contribution in [1.29, 1.82) is 0 Å². The van der Waals surface area contributed by atoms with Crippen LogP contribution in [0, 0.1) is 0 Å². The Bertz CT molecular complexity index is 681. The zero-order valence-corrected chi connectivity index (χ0v) is 12.1. The SMILES string of the molecule is O=C(O)CC1CN(C(=O)c2csc3ccccc23)CCO1. The molecule has 0 bridgehead atoms. The van der Waals surface area contributed by atoms with Gasteiger partial charge >= 0.3 is 5.97 Å². The van der Waals surface area contributed by atoms with Gasteiger partial charge in [-0.2, -0.15) is 0 Å². The van der Waals surface area contributed by atoms with Gasteiger partial charge in [0.05, 0.1) is 24.7 Å². The van der Waals surface area contributed by atoms with Crippen LogP contribution in [-0.2, 0) is 9.53 Å². The standard InChI is InChI=1S/C15H15NO4S/c17-14(18)7-10-8-16(5-6-20-10)15(19)12-9-21-13-4-2-1-3-11(12)13/h1-4,9-10H,5-8H2,(H,17,18). The molecular formula is C15H15NO4S. The molecule has 110 valence electrons. The van der Waals surface area contributed by atoms with Gasteiger partial charge in [-0.3, -0.25) is 9.59 Å². The number of carboxylic acid groups (broad SMARTS) is 1. The summed E-state index contributed by atoms with van der Waals surface area (Å²) in [5, 5.41) is 11.7. The van der Waals surface area contributed by atoms with E-state index >= 15 is 0 Å². The van der Waals surface area contributed by atoms with E-state index in [1.54, 1.807) is 16.2 Å². The van der Waals surface area contributed by atoms with Gasteiger partial charge < -0.3 is 14.7 Å². The van der Waals surface area contributed by atoms with Crippen molar-refractivity contribution in [2.45, 2.75) is 12.5 Å². The highest BCUT2D eigenvalue weighted by atomic mass is 32.1. The summed E-state index contributed by atoms with van der Waals surface area (Å²) in [6, 6.07) is 7.79. The summed E-state index contributed by atoms with van der Waals surface area (Å²) in [5.41, 5.74) is 0.687. The predicted molar refractivity (Wildman–Crippen MR) is 79.7 cm³/mol. The highest BCUT2D eigenvalue weighted by Gasteiger charge is 2.27. The minimum Gasteiger partial charge on any atom is -0.481 e. The van der Waals surface area contributed by atoms with E-state index in [2.05, 4.69) is 0 Å². The summed E-state index contributed by atoms with van der Waals surface area (Å²) >= 11 is 1.54. The Balaban J connectivity index is 1.80. The van der Waals surface area contributed by atoms with Gasteiger partial charge in [-0.15, -0.1) is 11.3 Å². The first kappa shape index (κ1) is 14.0. The molecular weight excluding hydrogens is 290 g/mol. The summed E-state index contributed by atoms with van der Waals surface area (Å²) in [7, 11) is 0. The molecule has 0 radical (unpaired) electrons. The second-order valence-corrected chi connectivity index (χ2v) is 5.90. The smallest absolute Gasteiger partial charge is 0.306 e. The van der Waals surface area contributed by atoms with Gasteiger partial charge in [0.25, 0.3) is 5.91 Å². The number of ether oxygens (including phenoxy) is 1. The average molecular weight is 305 g/mol. The molecule has 1 N–H and O–H groups in total. The maximum atomic E-state index is 12.6. The number of thiophene rings is 1. The van der Waals surface area contributed by atoms with Crippen molar-refractivity contribution in [3.05, 3.63) is 35.2 Å². The minimum atomic E-state index is -0.907. The second-order valence-electron chi connectivity index (χ2n) is 4.99. The Labute approximate surface area is 125 Å². The van der Waals surface area contributed by atoms with Crippen molar-refractivity contribution in [3.8, 4) is 0 Å². The molecule has 1 saturated heterocycles. The van der Waals surface area contributed by atoms with Crippen molar-refractivity contribution >= 4 is 33.3 Å². The van der Waals surface area contributed by atoms with Crippen molar-refractivity contribution in [2.75, 3.05) is 19.7 Å². The molecule has 5 nitrogen and oxygen atoms in total. The summed E-state index contributed by atoms with van der Waals surface area (Å²) in [4.78, 5) is 25.1. The number of hydrogen-bond donors (Lipinski definition) is 1. The lowest BCUT2D eigenvalue weighted by atomic mass is 10.1. The molecule has 2 heterocycles. The van der Waals surface area contributed by atoms with Crippen LogP contribution in [0.5, 0.6) is 0 Å². The van der Waals surface area contributed by atoms with Crippen LogP contribution in [0.2, 0.25) is 0 Å². The van der Waals surface area contributed by atoms with E-state index < -0.39 is 12.1 Å². The van der Waals surface area contributed by atoms with E-state index in [4.69, 9.17) is 9.84 Å². The molecule has 3 rings (SSSR count). The third-order valence-corrected chi connectivity index (χ3v) is 4.50. The van der Waals surface area contributed by atoms with Gasteiger partial charge in [0.1, 0.15) is 0 Å². The molecule has 0 aliphatic carbocycles. The van der Waals surface area contributed by atoms with Crippen molar-refractivity contribution in [3.63, 3.8) is 0 Å². The molecule has 1 aromatic carbocycles. The molecule has 1 fully saturated rings. The van der Waals surface area contributed by atoms with Crippen LogP contribution in [0.4, 0.5) is 0 Å². The molecule has 1 atom stereocenters. The number of rotatable bonds is 3. The van der Waals surface area contributed by atoms with Gasteiger partial charge in [-0.25, -0.2) is 0 Å². The van der Waals surface area contributed by atoms with Crippen molar-refractivity contribution < 1.29 is 19.4 Å². The van der Waals surface area contributed by atoms with E-state index in [9.17, 15) is 9.59 Å². The lowest BCUT2D eigenvalue weighted by Crippen LogP contribution is -2.46. The van der Waals surface area contributed by atoms with Crippen LogP contribution < -0.4 is 0 Å². The number of amides is 1. The Morgan fingerprint density at radius 2 is 2.19 bits per heavy atom. The zero-order chi connectivity index (χ0) is 14.8. The van der Waals surface area contributed by atoms with Gasteiger partial charge in [-0.1, -0.05) is 18.2 Å². The third-order valence-electron chi connectivity index (χ3n) is 3.54. The van der Waals surface area contributed by atoms with Crippen molar-refractivity contribution in [2.24, 2.45) is 0 Å². The fourth-order valence-corrected chi connectivity index (χ4v) is 3.47. The monoisotopic (exact) mass is 305 g/mol. The van der Waals surface area contributed by atoms with Gasteiger partial charge in [-0.05, 0) is 6.07 Å². The zero-order valence-electron chi connectivity index (χ0n) is 11.3. The van der Waals surface area contributed by atoms with Crippen LogP contribution >= 0.6 is 11.3 Å². The summed E-state index contributed by atoms with van der Waals surface area (Å²) in [6.45, 7) is 1.21. The molecule has 1 unspecified atom stereocenters. The number of nitrogens with zero attached hydrogens (tertiary/aromatic N) is 1. The highest BCUT2D eigenvalue weighted by molar-refractivity contribution is 7.17. The molecule has 1 aliphatic rings. The highest BCUT2D eigenvalue weighted by Crippen LogP contribution is 2.27. The fraction of sp³-hybridized carbons (Fsp3) is 0.333. The number of hydrogen-bond acceptors (Lipinski definition) is 4. The summed E-state index contributed by atoms with van der Waals surface area (Å²) in [6.07, 6.45) is -0.501. The molecule has 1 aromatic heterocycles. The maximum absolute atomic E-state index is 12.6. The second kappa shape index (κ2) is 5.83. The van der Waals surface area contributed by atoms with E-state index in [1.165, 1.54) is 0 Å². The van der Waals surface area contributed by atoms with E-state index in [-0.39, 0.29) is 12.3 Å². The molecule has 1 amide bonds. The topological polar surface area (TPSA) is 66.8 Å². The van der Waals surface area contributed by atoms with Gasteiger partial charge in [0.2, 0.25) is 0 Å². The van der Waals surface area contributed by atoms with Crippen LogP contribution in [-0.4, -0.2) is 47.7 Å². The lowest BCUT2D eigenvalue weighted by molar-refractivity contribution is -0.141. The number of morpholine rings is 1. The maximum Gasteiger partial charge on any atom is 0.306 e. The van der Waals surface area contributed by atoms with E-state index in [0.29, 0.717) is 25.3 Å². The number of carboxylic acids is 1. The first-order chi connectivity index (χ1) is 10.1. The Kier molecular flexibility index (Phi) is 3.90. The average Bonchev–Trinajstić information content (AvgIpc) is 2.90. The first-order valence-electron chi connectivity index (χ1n) is 6.74. The fourth-order valence-electron chi connectivity index (χ4n) is 2.54. The number of fused-ring (bicyclic) bond motifs is 1. The Morgan fingerprint density at radius 1 is 1.38 bits per heavy atom. The number of carbonyl (C=O) groups excluding carboxylic acids is 1. The van der Waals surface area contributed by atoms with Gasteiger partial charge in [0.15, 0.2) is 0 Å². The van der Waals surface area contributed by atoms with E-state index in [1.807, 2.05) is 29.6 Å². The van der Waals surface area contributed by atoms with Crippen LogP contribution in [0.1, 0.15) is 16.8 Å². The first-order valence-corrected chi connectivity index (χ1v) is 7.62. The normalized spacial score (nSPS) is 18.9. The number of carbonyl (C=O) groups is 2. The summed E-state index contributed by atoms with van der Waals surface area (Å²) in [5.74, 6) is -0.957. The molecule has 21 heavy (non-hydrogen) atoms. The Hall–Kier alpha value is -1.92. The van der Waals surface area contributed by atoms with Crippen LogP contribution in [0.3, 0.4) is 0 Å². The quantitative estimate of drug-likeness (QED) is 0.944. The summed E-state index contributed by atoms with van der Waals surface area (Å²) < 4.78 is 6.48. The molecule has 1 aliphatic heterocycles. The van der Waals surface area contributed by atoms with E-state index in [0.717, 1.165) is 10.1 Å². The predicted octanol–water partition coefficient (Wildman–Crippen LogP) is 2.22.